The van der Waals surface area contributed by atoms with Gasteiger partial charge in [-0.3, -0.25) is 0 Å². The summed E-state index contributed by atoms with van der Waals surface area (Å²) in [6.45, 7) is 4.30. The lowest BCUT2D eigenvalue weighted by Gasteiger charge is -2.03. The van der Waals surface area contributed by atoms with E-state index in [1.165, 1.54) is 11.3 Å². The van der Waals surface area contributed by atoms with Crippen LogP contribution in [0.3, 0.4) is 0 Å². The lowest BCUT2D eigenvalue weighted by molar-refractivity contribution is 0.480. The Bertz CT molecular complexity index is 298. The lowest BCUT2D eigenvalue weighted by Crippen LogP contribution is -2.04. The molecule has 0 aliphatic heterocycles. The Morgan fingerprint density at radius 3 is 2.75 bits per heavy atom. The summed E-state index contributed by atoms with van der Waals surface area (Å²) in [5, 5.41) is 2.72. The van der Waals surface area contributed by atoms with Crippen molar-refractivity contribution in [3.8, 4) is 5.06 Å². The van der Waals surface area contributed by atoms with Crippen LogP contribution in [0.15, 0.2) is 17.5 Å². The second-order valence-electron chi connectivity index (χ2n) is 3.89. The van der Waals surface area contributed by atoms with Gasteiger partial charge < -0.3 is 0 Å². The molecule has 2 atom stereocenters. The molecule has 16 heavy (non-hydrogen) atoms. The van der Waals surface area contributed by atoms with Crippen LogP contribution in [0.5, 0.6) is 5.06 Å². The molecule has 1 heterocycles. The third-order valence-electron chi connectivity index (χ3n) is 2.49. The zero-order chi connectivity index (χ0) is 11.8. The van der Waals surface area contributed by atoms with Crippen LogP contribution in [0.1, 0.15) is 46.0 Å². The van der Waals surface area contributed by atoms with Gasteiger partial charge in [0.1, 0.15) is 0 Å². The van der Waals surface area contributed by atoms with Gasteiger partial charge >= 0.3 is 8.03 Å². The van der Waals surface area contributed by atoms with Gasteiger partial charge in [0, 0.05) is 0 Å². The van der Waals surface area contributed by atoms with Crippen LogP contribution in [0.2, 0.25) is 0 Å². The third-order valence-corrected chi connectivity index (χ3v) is 4.84. The standard InChI is InChI=1S/C12H20O2PS/c1-3-5-8-11(7-4-2)15(13)14-12-9-6-10-16-12/h6,9-11H,3-5,7-8H2,1-2H3/q+1. The summed E-state index contributed by atoms with van der Waals surface area (Å²) in [6.07, 6.45) is 5.39. The summed E-state index contributed by atoms with van der Waals surface area (Å²) >= 11 is 1.50. The van der Waals surface area contributed by atoms with Gasteiger partial charge in [-0.15, -0.1) is 11.3 Å². The molecule has 1 aromatic rings. The molecule has 2 unspecified atom stereocenters. The average molecular weight is 259 g/mol. The Labute approximate surface area is 103 Å². The van der Waals surface area contributed by atoms with Gasteiger partial charge in [-0.05, 0) is 41.3 Å². The van der Waals surface area contributed by atoms with Crippen LogP contribution in [0, 0.1) is 0 Å². The monoisotopic (exact) mass is 259 g/mol. The SMILES string of the molecule is CCCCC(CCC)[P+](=O)Oc1cccs1. The minimum Gasteiger partial charge on any atom is -0.243 e. The fourth-order valence-electron chi connectivity index (χ4n) is 1.61. The number of unbranched alkanes of at least 4 members (excludes halogenated alkanes) is 1. The molecule has 0 N–H and O–H groups in total. The fraction of sp³-hybridized carbons (Fsp3) is 0.667. The first-order chi connectivity index (χ1) is 7.77. The quantitative estimate of drug-likeness (QED) is 0.598. The van der Waals surface area contributed by atoms with Crippen molar-refractivity contribution in [3.05, 3.63) is 17.5 Å². The number of rotatable bonds is 8. The summed E-state index contributed by atoms with van der Waals surface area (Å²) < 4.78 is 17.5. The van der Waals surface area contributed by atoms with Crippen molar-refractivity contribution in [1.82, 2.24) is 0 Å². The minimum absolute atomic E-state index is 0.224. The highest BCUT2D eigenvalue weighted by atomic mass is 32.1. The van der Waals surface area contributed by atoms with Crippen LogP contribution in [0.25, 0.3) is 0 Å². The number of hydrogen-bond donors (Lipinski definition) is 0. The Morgan fingerprint density at radius 2 is 2.19 bits per heavy atom. The van der Waals surface area contributed by atoms with Crippen LogP contribution >= 0.6 is 19.4 Å². The van der Waals surface area contributed by atoms with Crippen molar-refractivity contribution < 1.29 is 9.09 Å². The highest BCUT2D eigenvalue weighted by Crippen LogP contribution is 2.38. The molecule has 1 aromatic heterocycles. The predicted molar refractivity (Wildman–Crippen MR) is 70.8 cm³/mol. The van der Waals surface area contributed by atoms with Crippen molar-refractivity contribution in [1.29, 1.82) is 0 Å². The second-order valence-corrected chi connectivity index (χ2v) is 6.29. The molecule has 0 aliphatic carbocycles. The summed E-state index contributed by atoms with van der Waals surface area (Å²) in [7, 11) is -1.55. The first-order valence-electron chi connectivity index (χ1n) is 5.95. The van der Waals surface area contributed by atoms with Gasteiger partial charge in [-0.25, -0.2) is 4.52 Å². The van der Waals surface area contributed by atoms with Gasteiger partial charge in [-0.1, -0.05) is 26.7 Å². The molecule has 0 fully saturated rings. The van der Waals surface area contributed by atoms with E-state index in [4.69, 9.17) is 4.52 Å². The Hall–Kier alpha value is -0.400. The second kappa shape index (κ2) is 7.81. The van der Waals surface area contributed by atoms with E-state index in [1.807, 2.05) is 17.5 Å². The molecule has 1 rings (SSSR count). The van der Waals surface area contributed by atoms with E-state index in [0.29, 0.717) is 0 Å². The maximum absolute atomic E-state index is 12.0. The zero-order valence-electron chi connectivity index (χ0n) is 10.0. The highest BCUT2D eigenvalue weighted by molar-refractivity contribution is 7.41. The van der Waals surface area contributed by atoms with Gasteiger partial charge in [0.2, 0.25) is 5.06 Å². The summed E-state index contributed by atoms with van der Waals surface area (Å²) in [5.74, 6) is 0. The summed E-state index contributed by atoms with van der Waals surface area (Å²) in [5.41, 5.74) is 0.224. The molecular formula is C12H20O2PS+. The fourth-order valence-corrected chi connectivity index (χ4v) is 3.70. The van der Waals surface area contributed by atoms with Crippen molar-refractivity contribution in [2.45, 2.75) is 51.6 Å². The molecule has 4 heteroatoms. The molecule has 90 valence electrons. The number of thiophene rings is 1. The summed E-state index contributed by atoms with van der Waals surface area (Å²) in [6, 6.07) is 3.80. The van der Waals surface area contributed by atoms with Gasteiger partial charge in [-0.2, -0.15) is 0 Å². The smallest absolute Gasteiger partial charge is 0.243 e. The maximum Gasteiger partial charge on any atom is 0.560 e. The first-order valence-corrected chi connectivity index (χ1v) is 8.08. The number of hydrogen-bond acceptors (Lipinski definition) is 3. The van der Waals surface area contributed by atoms with E-state index in [-0.39, 0.29) is 5.66 Å². The zero-order valence-corrected chi connectivity index (χ0v) is 11.7. The molecule has 0 aromatic carbocycles. The molecule has 0 radical (unpaired) electrons. The highest BCUT2D eigenvalue weighted by Gasteiger charge is 2.32. The van der Waals surface area contributed by atoms with Crippen molar-refractivity contribution >= 4 is 19.4 Å². The lowest BCUT2D eigenvalue weighted by atomic mass is 10.1. The van der Waals surface area contributed by atoms with Crippen molar-refractivity contribution in [2.24, 2.45) is 0 Å². The Balaban J connectivity index is 2.46. The van der Waals surface area contributed by atoms with E-state index in [1.54, 1.807) is 0 Å². The van der Waals surface area contributed by atoms with Gasteiger partial charge in [0.25, 0.3) is 0 Å². The molecule has 0 saturated carbocycles. The molecular weight excluding hydrogens is 239 g/mol. The van der Waals surface area contributed by atoms with Crippen LogP contribution in [0.4, 0.5) is 0 Å². The largest absolute Gasteiger partial charge is 0.560 e. The topological polar surface area (TPSA) is 26.3 Å². The minimum atomic E-state index is -1.55. The predicted octanol–water partition coefficient (Wildman–Crippen LogP) is 5.23. The third kappa shape index (κ3) is 4.63. The maximum atomic E-state index is 12.0. The van der Waals surface area contributed by atoms with Gasteiger partial charge in [0.15, 0.2) is 5.66 Å². The average Bonchev–Trinajstić information content (AvgIpc) is 2.76. The van der Waals surface area contributed by atoms with E-state index in [2.05, 4.69) is 13.8 Å². The molecule has 0 bridgehead atoms. The Kier molecular flexibility index (Phi) is 6.67. The molecule has 0 spiro atoms. The van der Waals surface area contributed by atoms with E-state index in [0.717, 1.165) is 37.2 Å². The summed E-state index contributed by atoms with van der Waals surface area (Å²) in [4.78, 5) is 0. The molecule has 0 amide bonds. The van der Waals surface area contributed by atoms with E-state index in [9.17, 15) is 4.57 Å². The van der Waals surface area contributed by atoms with Crippen LogP contribution < -0.4 is 4.52 Å². The normalized spacial score (nSPS) is 13.5. The van der Waals surface area contributed by atoms with Crippen LogP contribution in [-0.2, 0) is 4.57 Å². The molecule has 0 saturated heterocycles. The molecule has 0 aliphatic rings. The first kappa shape index (κ1) is 13.7. The van der Waals surface area contributed by atoms with E-state index >= 15 is 0 Å². The Morgan fingerprint density at radius 1 is 1.38 bits per heavy atom. The van der Waals surface area contributed by atoms with Crippen molar-refractivity contribution in [3.63, 3.8) is 0 Å². The van der Waals surface area contributed by atoms with Crippen molar-refractivity contribution in [2.75, 3.05) is 0 Å². The van der Waals surface area contributed by atoms with E-state index < -0.39 is 8.03 Å². The molecule has 2 nitrogen and oxygen atoms in total. The van der Waals surface area contributed by atoms with Crippen LogP contribution in [-0.4, -0.2) is 5.66 Å². The van der Waals surface area contributed by atoms with Gasteiger partial charge in [0.05, 0.1) is 0 Å².